The minimum Gasteiger partial charge on any atom is -0.328 e. The van der Waals surface area contributed by atoms with Crippen LogP contribution in [0.15, 0.2) is 18.2 Å². The Bertz CT molecular complexity index is 450. The predicted octanol–water partition coefficient (Wildman–Crippen LogP) is 2.84. The molecule has 0 spiro atoms. The molecule has 1 aromatic carbocycles. The lowest BCUT2D eigenvalue weighted by atomic mass is 10.3. The summed E-state index contributed by atoms with van der Waals surface area (Å²) in [7, 11) is 0. The quantitative estimate of drug-likeness (QED) is 0.855. The number of hydrogen-bond acceptors (Lipinski definition) is 3. The van der Waals surface area contributed by atoms with Crippen LogP contribution in [-0.2, 0) is 6.42 Å². The predicted molar refractivity (Wildman–Crippen MR) is 62.0 cm³/mol. The van der Waals surface area contributed by atoms with E-state index in [1.54, 1.807) is 11.3 Å². The highest BCUT2D eigenvalue weighted by Gasteiger charge is 2.07. The first-order chi connectivity index (χ1) is 6.66. The van der Waals surface area contributed by atoms with Crippen molar-refractivity contribution in [1.82, 2.24) is 4.98 Å². The lowest BCUT2D eigenvalue weighted by molar-refractivity contribution is 0.735. The first-order valence-electron chi connectivity index (χ1n) is 4.46. The summed E-state index contributed by atoms with van der Waals surface area (Å²) in [6, 6.07) is 5.93. The summed E-state index contributed by atoms with van der Waals surface area (Å²) in [5, 5.41) is 1.83. The smallest absolute Gasteiger partial charge is 0.0954 e. The van der Waals surface area contributed by atoms with Gasteiger partial charge in [0.25, 0.3) is 0 Å². The normalized spacial score (nSPS) is 13.4. The number of hydrogen-bond donors (Lipinski definition) is 1. The topological polar surface area (TPSA) is 38.9 Å². The van der Waals surface area contributed by atoms with Gasteiger partial charge in [0.15, 0.2) is 0 Å². The van der Waals surface area contributed by atoms with Crippen molar-refractivity contribution in [1.29, 1.82) is 0 Å². The number of nitrogens with two attached hydrogens (primary N) is 1. The molecule has 0 aliphatic rings. The summed E-state index contributed by atoms with van der Waals surface area (Å²) < 4.78 is 1.06. The molecule has 0 saturated carbocycles. The van der Waals surface area contributed by atoms with Crippen molar-refractivity contribution in [3.8, 4) is 0 Å². The Balaban J connectivity index is 2.46. The molecule has 2 aromatic rings. The molecule has 2 nitrogen and oxygen atoms in total. The van der Waals surface area contributed by atoms with Crippen LogP contribution in [0.1, 0.15) is 11.9 Å². The molecule has 0 amide bonds. The molecule has 0 saturated heterocycles. The third-order valence-corrected chi connectivity index (χ3v) is 3.46. The Kier molecular flexibility index (Phi) is 2.72. The largest absolute Gasteiger partial charge is 0.328 e. The van der Waals surface area contributed by atoms with E-state index < -0.39 is 0 Å². The molecule has 1 aromatic heterocycles. The molecule has 1 heterocycles. The minimum absolute atomic E-state index is 0.148. The van der Waals surface area contributed by atoms with Crippen molar-refractivity contribution in [3.05, 3.63) is 28.2 Å². The second kappa shape index (κ2) is 3.85. The van der Waals surface area contributed by atoms with Gasteiger partial charge in [-0.25, -0.2) is 4.98 Å². The maximum atomic E-state index is 6.05. The SMILES string of the molecule is CC(N)Cc1nc2cccc(Cl)c2s1. The number of rotatable bonds is 2. The molecule has 0 bridgehead atoms. The highest BCUT2D eigenvalue weighted by molar-refractivity contribution is 7.19. The van der Waals surface area contributed by atoms with E-state index in [1.165, 1.54) is 0 Å². The second-order valence-corrected chi connectivity index (χ2v) is 4.87. The van der Waals surface area contributed by atoms with Crippen molar-refractivity contribution in [2.24, 2.45) is 5.73 Å². The molecule has 0 aliphatic carbocycles. The Hall–Kier alpha value is -0.640. The van der Waals surface area contributed by atoms with Crippen LogP contribution in [0, 0.1) is 0 Å². The zero-order valence-electron chi connectivity index (χ0n) is 7.83. The van der Waals surface area contributed by atoms with Crippen molar-refractivity contribution in [3.63, 3.8) is 0 Å². The number of halogens is 1. The molecule has 74 valence electrons. The lowest BCUT2D eigenvalue weighted by Gasteiger charge is -1.98. The van der Waals surface area contributed by atoms with Crippen molar-refractivity contribution < 1.29 is 0 Å². The summed E-state index contributed by atoms with van der Waals surface area (Å²) in [6.45, 7) is 1.98. The Labute approximate surface area is 91.7 Å². The molecule has 0 fully saturated rings. The molecule has 0 radical (unpaired) electrons. The number of aromatic nitrogens is 1. The van der Waals surface area contributed by atoms with E-state index in [0.29, 0.717) is 0 Å². The van der Waals surface area contributed by atoms with E-state index in [-0.39, 0.29) is 6.04 Å². The van der Waals surface area contributed by atoms with E-state index >= 15 is 0 Å². The van der Waals surface area contributed by atoms with Gasteiger partial charge in [0.1, 0.15) is 0 Å². The minimum atomic E-state index is 0.148. The first kappa shape index (κ1) is 9.90. The fourth-order valence-corrected chi connectivity index (χ4v) is 2.72. The first-order valence-corrected chi connectivity index (χ1v) is 5.66. The van der Waals surface area contributed by atoms with E-state index in [2.05, 4.69) is 4.98 Å². The van der Waals surface area contributed by atoms with Crippen molar-refractivity contribution >= 4 is 33.2 Å². The highest BCUT2D eigenvalue weighted by atomic mass is 35.5. The number of benzene rings is 1. The third kappa shape index (κ3) is 1.90. The van der Waals surface area contributed by atoms with Crippen LogP contribution in [0.25, 0.3) is 10.2 Å². The lowest BCUT2D eigenvalue weighted by Crippen LogP contribution is -2.17. The molecule has 2 rings (SSSR count). The van der Waals surface area contributed by atoms with E-state index in [9.17, 15) is 0 Å². The van der Waals surface area contributed by atoms with E-state index in [4.69, 9.17) is 17.3 Å². The Morgan fingerprint density at radius 2 is 2.36 bits per heavy atom. The average Bonchev–Trinajstić information content (AvgIpc) is 2.47. The third-order valence-electron chi connectivity index (χ3n) is 1.91. The van der Waals surface area contributed by atoms with Gasteiger partial charge in [0.2, 0.25) is 0 Å². The molecule has 14 heavy (non-hydrogen) atoms. The van der Waals surface area contributed by atoms with Gasteiger partial charge in [-0.2, -0.15) is 0 Å². The molecular formula is C10H11ClN2S. The van der Waals surface area contributed by atoms with Gasteiger partial charge in [-0.3, -0.25) is 0 Å². The molecule has 0 aliphatic heterocycles. The van der Waals surface area contributed by atoms with Crippen LogP contribution in [0.3, 0.4) is 0 Å². The Morgan fingerprint density at radius 1 is 1.57 bits per heavy atom. The van der Waals surface area contributed by atoms with E-state index in [0.717, 1.165) is 26.7 Å². The van der Waals surface area contributed by atoms with Gasteiger partial charge in [-0.05, 0) is 19.1 Å². The van der Waals surface area contributed by atoms with Gasteiger partial charge in [0, 0.05) is 12.5 Å². The van der Waals surface area contributed by atoms with Crippen molar-refractivity contribution in [2.45, 2.75) is 19.4 Å². The van der Waals surface area contributed by atoms with Crippen LogP contribution < -0.4 is 5.73 Å². The number of nitrogens with zero attached hydrogens (tertiary/aromatic N) is 1. The monoisotopic (exact) mass is 226 g/mol. The second-order valence-electron chi connectivity index (χ2n) is 3.38. The van der Waals surface area contributed by atoms with Gasteiger partial charge in [-0.1, -0.05) is 17.7 Å². The molecular weight excluding hydrogens is 216 g/mol. The maximum Gasteiger partial charge on any atom is 0.0954 e. The maximum absolute atomic E-state index is 6.05. The van der Waals surface area contributed by atoms with Crippen molar-refractivity contribution in [2.75, 3.05) is 0 Å². The highest BCUT2D eigenvalue weighted by Crippen LogP contribution is 2.29. The van der Waals surface area contributed by atoms with Crippen LogP contribution in [0.5, 0.6) is 0 Å². The molecule has 4 heteroatoms. The number of thiazole rings is 1. The molecule has 2 N–H and O–H groups in total. The zero-order chi connectivity index (χ0) is 10.1. The molecule has 1 unspecified atom stereocenters. The zero-order valence-corrected chi connectivity index (χ0v) is 9.40. The number of fused-ring (bicyclic) bond motifs is 1. The van der Waals surface area contributed by atoms with Gasteiger partial charge < -0.3 is 5.73 Å². The fraction of sp³-hybridized carbons (Fsp3) is 0.300. The summed E-state index contributed by atoms with van der Waals surface area (Å²) in [4.78, 5) is 4.47. The van der Waals surface area contributed by atoms with Crippen LogP contribution in [0.2, 0.25) is 5.02 Å². The van der Waals surface area contributed by atoms with Crippen LogP contribution in [-0.4, -0.2) is 11.0 Å². The summed E-state index contributed by atoms with van der Waals surface area (Å²) >= 11 is 7.68. The van der Waals surface area contributed by atoms with Crippen LogP contribution in [0.4, 0.5) is 0 Å². The van der Waals surface area contributed by atoms with Gasteiger partial charge in [-0.15, -0.1) is 11.3 Å². The standard InChI is InChI=1S/C10H11ClN2S/c1-6(12)5-9-13-8-4-2-3-7(11)10(8)14-9/h2-4,6H,5,12H2,1H3. The fourth-order valence-electron chi connectivity index (χ4n) is 1.32. The average molecular weight is 227 g/mol. The summed E-state index contributed by atoms with van der Waals surface area (Å²) in [5.41, 5.74) is 6.69. The molecule has 1 atom stereocenters. The van der Waals surface area contributed by atoms with Gasteiger partial charge >= 0.3 is 0 Å². The summed E-state index contributed by atoms with van der Waals surface area (Å²) in [6.07, 6.45) is 0.815. The van der Waals surface area contributed by atoms with E-state index in [1.807, 2.05) is 25.1 Å². The Morgan fingerprint density at radius 3 is 3.00 bits per heavy atom. The summed E-state index contributed by atoms with van der Waals surface area (Å²) in [5.74, 6) is 0. The van der Waals surface area contributed by atoms with Crippen LogP contribution >= 0.6 is 22.9 Å². The van der Waals surface area contributed by atoms with Gasteiger partial charge in [0.05, 0.1) is 20.2 Å².